The summed E-state index contributed by atoms with van der Waals surface area (Å²) in [6, 6.07) is 1.87. The van der Waals surface area contributed by atoms with Crippen molar-refractivity contribution in [2.75, 3.05) is 6.54 Å². The highest BCUT2D eigenvalue weighted by molar-refractivity contribution is 5.92. The molecule has 6 heteroatoms. The molecule has 0 bridgehead atoms. The summed E-state index contributed by atoms with van der Waals surface area (Å²) in [5, 5.41) is 8.11. The van der Waals surface area contributed by atoms with E-state index in [0.29, 0.717) is 11.5 Å². The molecule has 6 nitrogen and oxygen atoms in total. The van der Waals surface area contributed by atoms with Gasteiger partial charge in [-0.15, -0.1) is 0 Å². The van der Waals surface area contributed by atoms with Crippen LogP contribution in [0.25, 0.3) is 0 Å². The maximum absolute atomic E-state index is 12.4. The van der Waals surface area contributed by atoms with Crippen LogP contribution in [0.5, 0.6) is 0 Å². The lowest BCUT2D eigenvalue weighted by molar-refractivity contribution is 0.0711. The Labute approximate surface area is 117 Å². The van der Waals surface area contributed by atoms with Gasteiger partial charge in [-0.3, -0.25) is 9.48 Å². The number of hydrogen-bond donors (Lipinski definition) is 0. The van der Waals surface area contributed by atoms with Crippen molar-refractivity contribution < 1.29 is 9.32 Å². The standard InChI is InChI=1S/C14H18N4O2/c1-10-7-15-17(8-10)9-12-4-3-5-18(12)14(19)13-6-11(2)20-16-13/h6-8,12H,3-5,9H2,1-2H3. The Balaban J connectivity index is 1.73. The van der Waals surface area contributed by atoms with Crippen molar-refractivity contribution in [2.45, 2.75) is 39.3 Å². The smallest absolute Gasteiger partial charge is 0.276 e. The second kappa shape index (κ2) is 5.11. The molecule has 106 valence electrons. The lowest BCUT2D eigenvalue weighted by atomic mass is 10.2. The molecule has 20 heavy (non-hydrogen) atoms. The molecule has 2 aromatic rings. The summed E-state index contributed by atoms with van der Waals surface area (Å²) in [6.07, 6.45) is 5.86. The zero-order valence-corrected chi connectivity index (χ0v) is 11.7. The van der Waals surface area contributed by atoms with Gasteiger partial charge in [-0.05, 0) is 32.3 Å². The number of carbonyl (C=O) groups is 1. The minimum absolute atomic E-state index is 0.0479. The van der Waals surface area contributed by atoms with Gasteiger partial charge in [-0.2, -0.15) is 5.10 Å². The molecule has 1 unspecified atom stereocenters. The van der Waals surface area contributed by atoms with Gasteiger partial charge in [0, 0.05) is 18.8 Å². The van der Waals surface area contributed by atoms with E-state index in [1.807, 2.05) is 28.9 Å². The van der Waals surface area contributed by atoms with E-state index in [1.165, 1.54) is 0 Å². The molecule has 1 saturated heterocycles. The maximum atomic E-state index is 12.4. The minimum atomic E-state index is -0.0479. The summed E-state index contributed by atoms with van der Waals surface area (Å²) >= 11 is 0. The lowest BCUT2D eigenvalue weighted by Gasteiger charge is -2.23. The van der Waals surface area contributed by atoms with E-state index in [-0.39, 0.29) is 11.9 Å². The summed E-state index contributed by atoms with van der Waals surface area (Å²) in [5.74, 6) is 0.611. The Bertz CT molecular complexity index is 616. The third-order valence-electron chi connectivity index (χ3n) is 3.65. The van der Waals surface area contributed by atoms with Crippen LogP contribution in [0.2, 0.25) is 0 Å². The van der Waals surface area contributed by atoms with Gasteiger partial charge < -0.3 is 9.42 Å². The first kappa shape index (κ1) is 12.9. The molecule has 3 heterocycles. The van der Waals surface area contributed by atoms with E-state index in [9.17, 15) is 4.79 Å². The van der Waals surface area contributed by atoms with Gasteiger partial charge in [0.15, 0.2) is 5.69 Å². The second-order valence-electron chi connectivity index (χ2n) is 5.36. The number of likely N-dealkylation sites (tertiary alicyclic amines) is 1. The molecule has 3 rings (SSSR count). The summed E-state index contributed by atoms with van der Waals surface area (Å²) in [7, 11) is 0. The molecule has 0 saturated carbocycles. The van der Waals surface area contributed by atoms with E-state index in [1.54, 1.807) is 13.0 Å². The average Bonchev–Trinajstić information content (AvgIpc) is 3.11. The van der Waals surface area contributed by atoms with Crippen molar-refractivity contribution in [2.24, 2.45) is 0 Å². The van der Waals surface area contributed by atoms with Gasteiger partial charge in [0.1, 0.15) is 5.76 Å². The van der Waals surface area contributed by atoms with Crippen molar-refractivity contribution in [3.05, 3.63) is 35.5 Å². The van der Waals surface area contributed by atoms with Crippen molar-refractivity contribution in [1.29, 1.82) is 0 Å². The van der Waals surface area contributed by atoms with Gasteiger partial charge in [-0.1, -0.05) is 5.16 Å². The van der Waals surface area contributed by atoms with Gasteiger partial charge in [0.05, 0.1) is 18.8 Å². The fraction of sp³-hybridized carbons (Fsp3) is 0.500. The molecule has 1 amide bonds. The van der Waals surface area contributed by atoms with Crippen LogP contribution >= 0.6 is 0 Å². The molecule has 0 N–H and O–H groups in total. The number of amides is 1. The number of nitrogens with zero attached hydrogens (tertiary/aromatic N) is 4. The summed E-state index contributed by atoms with van der Waals surface area (Å²) in [4.78, 5) is 14.3. The second-order valence-corrected chi connectivity index (χ2v) is 5.36. The third kappa shape index (κ3) is 2.45. The molecule has 0 aromatic carbocycles. The Morgan fingerprint density at radius 3 is 3.00 bits per heavy atom. The van der Waals surface area contributed by atoms with E-state index in [2.05, 4.69) is 10.3 Å². The molecule has 0 spiro atoms. The predicted molar refractivity (Wildman–Crippen MR) is 72.3 cm³/mol. The van der Waals surface area contributed by atoms with Crippen LogP contribution in [0.4, 0.5) is 0 Å². The summed E-state index contributed by atoms with van der Waals surface area (Å²) in [6.45, 7) is 5.31. The number of rotatable bonds is 3. The number of aromatic nitrogens is 3. The SMILES string of the molecule is Cc1cnn(CC2CCCN2C(=O)c2cc(C)on2)c1. The van der Waals surface area contributed by atoms with Crippen molar-refractivity contribution >= 4 is 5.91 Å². The van der Waals surface area contributed by atoms with Crippen LogP contribution in [0.3, 0.4) is 0 Å². The highest BCUT2D eigenvalue weighted by atomic mass is 16.5. The minimum Gasteiger partial charge on any atom is -0.361 e. The van der Waals surface area contributed by atoms with Gasteiger partial charge in [0.25, 0.3) is 5.91 Å². The van der Waals surface area contributed by atoms with Crippen LogP contribution in [0, 0.1) is 13.8 Å². The monoisotopic (exact) mass is 274 g/mol. The number of aryl methyl sites for hydroxylation is 2. The predicted octanol–water partition coefficient (Wildman–Crippen LogP) is 1.79. The van der Waals surface area contributed by atoms with Crippen LogP contribution in [-0.4, -0.2) is 38.3 Å². The third-order valence-corrected chi connectivity index (χ3v) is 3.65. The van der Waals surface area contributed by atoms with Crippen LogP contribution < -0.4 is 0 Å². The normalized spacial score (nSPS) is 18.7. The molecule has 1 aliphatic heterocycles. The lowest BCUT2D eigenvalue weighted by Crippen LogP contribution is -2.38. The number of hydrogen-bond acceptors (Lipinski definition) is 4. The van der Waals surface area contributed by atoms with Crippen LogP contribution in [0.1, 0.15) is 34.7 Å². The first-order valence-electron chi connectivity index (χ1n) is 6.87. The summed E-state index contributed by atoms with van der Waals surface area (Å²) in [5.41, 5.74) is 1.53. The zero-order chi connectivity index (χ0) is 14.1. The van der Waals surface area contributed by atoms with Crippen molar-refractivity contribution in [1.82, 2.24) is 19.8 Å². The van der Waals surface area contributed by atoms with E-state index >= 15 is 0 Å². The summed E-state index contributed by atoms with van der Waals surface area (Å²) < 4.78 is 6.89. The molecule has 0 aliphatic carbocycles. The fourth-order valence-corrected chi connectivity index (χ4v) is 2.69. The van der Waals surface area contributed by atoms with E-state index < -0.39 is 0 Å². The molecular formula is C14H18N4O2. The van der Waals surface area contributed by atoms with Gasteiger partial charge >= 0.3 is 0 Å². The molecule has 2 aromatic heterocycles. The average molecular weight is 274 g/mol. The molecule has 1 atom stereocenters. The van der Waals surface area contributed by atoms with Crippen molar-refractivity contribution in [3.63, 3.8) is 0 Å². The Morgan fingerprint density at radius 1 is 1.50 bits per heavy atom. The van der Waals surface area contributed by atoms with Crippen molar-refractivity contribution in [3.8, 4) is 0 Å². The number of carbonyl (C=O) groups excluding carboxylic acids is 1. The molecule has 0 radical (unpaired) electrons. The Hall–Kier alpha value is -2.11. The van der Waals surface area contributed by atoms with Gasteiger partial charge in [0.2, 0.25) is 0 Å². The van der Waals surface area contributed by atoms with Gasteiger partial charge in [-0.25, -0.2) is 0 Å². The highest BCUT2D eigenvalue weighted by Crippen LogP contribution is 2.21. The van der Waals surface area contributed by atoms with Crippen LogP contribution in [-0.2, 0) is 6.54 Å². The highest BCUT2D eigenvalue weighted by Gasteiger charge is 2.31. The quantitative estimate of drug-likeness (QED) is 0.856. The first-order chi connectivity index (χ1) is 9.63. The van der Waals surface area contributed by atoms with E-state index in [4.69, 9.17) is 4.52 Å². The fourth-order valence-electron chi connectivity index (χ4n) is 2.69. The molecule has 1 fully saturated rings. The Kier molecular flexibility index (Phi) is 3.30. The van der Waals surface area contributed by atoms with E-state index in [0.717, 1.165) is 31.5 Å². The largest absolute Gasteiger partial charge is 0.361 e. The van der Waals surface area contributed by atoms with Crippen LogP contribution in [0.15, 0.2) is 23.0 Å². The molecule has 1 aliphatic rings. The molecular weight excluding hydrogens is 256 g/mol. The topological polar surface area (TPSA) is 64.2 Å². The zero-order valence-electron chi connectivity index (χ0n) is 11.7. The first-order valence-corrected chi connectivity index (χ1v) is 6.87. The maximum Gasteiger partial charge on any atom is 0.276 e. The Morgan fingerprint density at radius 2 is 2.35 bits per heavy atom.